The van der Waals surface area contributed by atoms with E-state index in [0.29, 0.717) is 28.2 Å². The van der Waals surface area contributed by atoms with Gasteiger partial charge in [-0.3, -0.25) is 4.57 Å². The van der Waals surface area contributed by atoms with E-state index in [-0.39, 0.29) is 10.8 Å². The highest BCUT2D eigenvalue weighted by Crippen LogP contribution is 2.30. The third-order valence-corrected chi connectivity index (χ3v) is 4.92. The second-order valence-electron chi connectivity index (χ2n) is 7.32. The quantitative estimate of drug-likeness (QED) is 0.454. The summed E-state index contributed by atoms with van der Waals surface area (Å²) in [7, 11) is 1.64. The molecule has 0 fully saturated rings. The largest absolute Gasteiger partial charge is 0.357 e. The number of aromatic nitrogens is 6. The molecule has 4 aromatic rings. The lowest BCUT2D eigenvalue weighted by Crippen LogP contribution is -2.33. The summed E-state index contributed by atoms with van der Waals surface area (Å²) < 4.78 is 14.9. The van der Waals surface area contributed by atoms with Crippen molar-refractivity contribution in [2.75, 3.05) is 10.6 Å². The molecule has 1 aromatic carbocycles. The Balaban J connectivity index is 1.80. The molecule has 4 rings (SSSR count). The molecule has 0 aliphatic heterocycles. The Morgan fingerprint density at radius 3 is 2.58 bits per heavy atom. The summed E-state index contributed by atoms with van der Waals surface area (Å²) in [5.41, 5.74) is 0.0970. The summed E-state index contributed by atoms with van der Waals surface area (Å²) in [6.45, 7) is 3.78. The number of aryl methyl sites for hydroxylation is 1. The van der Waals surface area contributed by atoms with Crippen LogP contribution in [0.2, 0.25) is 5.02 Å². The maximum Gasteiger partial charge on any atom is 0.349 e. The van der Waals surface area contributed by atoms with Gasteiger partial charge in [0.15, 0.2) is 11.6 Å². The molecule has 0 saturated carbocycles. The number of halogens is 2. The Morgan fingerprint density at radius 2 is 1.84 bits per heavy atom. The van der Waals surface area contributed by atoms with Crippen molar-refractivity contribution >= 4 is 39.8 Å². The fourth-order valence-electron chi connectivity index (χ4n) is 3.07. The molecule has 11 heteroatoms. The van der Waals surface area contributed by atoms with Gasteiger partial charge in [0, 0.05) is 30.5 Å². The van der Waals surface area contributed by atoms with Crippen LogP contribution in [0.15, 0.2) is 47.7 Å². The van der Waals surface area contributed by atoms with E-state index in [1.807, 2.05) is 13.8 Å². The molecule has 0 radical (unpaired) electrons. The number of hydrogen-bond donors (Lipinski definition) is 2. The highest BCUT2D eigenvalue weighted by Gasteiger charge is 2.25. The van der Waals surface area contributed by atoms with E-state index in [9.17, 15) is 9.18 Å². The number of fused-ring (bicyclic) bond motifs is 1. The number of anilines is 3. The van der Waals surface area contributed by atoms with E-state index >= 15 is 0 Å². The molecule has 3 aromatic heterocycles. The first kappa shape index (κ1) is 20.6. The molecule has 0 saturated heterocycles. The van der Waals surface area contributed by atoms with Crippen molar-refractivity contribution in [1.29, 1.82) is 0 Å². The van der Waals surface area contributed by atoms with Crippen molar-refractivity contribution in [3.63, 3.8) is 0 Å². The lowest BCUT2D eigenvalue weighted by atomic mass is 10.0. The second kappa shape index (κ2) is 7.88. The normalized spacial score (nSPS) is 11.5. The average molecular weight is 441 g/mol. The van der Waals surface area contributed by atoms with Crippen LogP contribution in [0.1, 0.15) is 19.7 Å². The van der Waals surface area contributed by atoms with E-state index < -0.39 is 17.3 Å². The summed E-state index contributed by atoms with van der Waals surface area (Å²) in [6.07, 6.45) is 3.57. The Bertz CT molecular complexity index is 1330. The van der Waals surface area contributed by atoms with Crippen LogP contribution in [0.3, 0.4) is 0 Å². The zero-order valence-electron chi connectivity index (χ0n) is 16.9. The number of benzene rings is 1. The van der Waals surface area contributed by atoms with Gasteiger partial charge in [-0.2, -0.15) is 14.4 Å². The molecular formula is C20H18ClFN8O. The molecule has 0 atom stereocenters. The Morgan fingerprint density at radius 1 is 1.10 bits per heavy atom. The first-order valence-electron chi connectivity index (χ1n) is 9.26. The topological polar surface area (TPSA) is 111 Å². The van der Waals surface area contributed by atoms with Gasteiger partial charge in [-0.1, -0.05) is 11.6 Å². The van der Waals surface area contributed by atoms with Gasteiger partial charge in [-0.05, 0) is 38.1 Å². The van der Waals surface area contributed by atoms with E-state index in [0.717, 1.165) is 0 Å². The summed E-state index contributed by atoms with van der Waals surface area (Å²) in [6, 6.07) is 6.98. The predicted octanol–water partition coefficient (Wildman–Crippen LogP) is 3.40. The molecule has 158 valence electrons. The zero-order chi connectivity index (χ0) is 22.2. The Labute approximate surface area is 181 Å². The van der Waals surface area contributed by atoms with Crippen molar-refractivity contribution in [2.24, 2.45) is 7.05 Å². The summed E-state index contributed by atoms with van der Waals surface area (Å²) in [5, 5.41) is 7.06. The number of nitrogens with zero attached hydrogens (tertiary/aromatic N) is 6. The van der Waals surface area contributed by atoms with Gasteiger partial charge >= 0.3 is 11.8 Å². The monoisotopic (exact) mass is 440 g/mol. The lowest BCUT2D eigenvalue weighted by molar-refractivity contribution is 0.540. The van der Waals surface area contributed by atoms with Crippen LogP contribution in [0, 0.1) is 6.08 Å². The minimum Gasteiger partial charge on any atom is -0.357 e. The van der Waals surface area contributed by atoms with Gasteiger partial charge < -0.3 is 10.6 Å². The minimum atomic E-state index is -0.899. The maximum atomic E-state index is 13.4. The summed E-state index contributed by atoms with van der Waals surface area (Å²) in [4.78, 5) is 32.3. The van der Waals surface area contributed by atoms with Crippen molar-refractivity contribution in [3.8, 4) is 0 Å². The SMILES string of the molecule is Cn1c(=O)nc(NC(C)(C)c2ncccn2)c2cc(Nc3nc(F)ncc3Cl)ccc21. The first-order valence-corrected chi connectivity index (χ1v) is 9.64. The van der Waals surface area contributed by atoms with Gasteiger partial charge in [0.1, 0.15) is 10.8 Å². The third kappa shape index (κ3) is 4.15. The minimum absolute atomic E-state index is 0.124. The maximum absolute atomic E-state index is 13.4. The van der Waals surface area contributed by atoms with Crippen LogP contribution in [0.5, 0.6) is 0 Å². The van der Waals surface area contributed by atoms with Crippen LogP contribution in [0.4, 0.5) is 21.7 Å². The van der Waals surface area contributed by atoms with Crippen molar-refractivity contribution in [2.45, 2.75) is 19.4 Å². The van der Waals surface area contributed by atoms with Gasteiger partial charge in [0.2, 0.25) is 0 Å². The van der Waals surface area contributed by atoms with E-state index in [1.54, 1.807) is 43.7 Å². The predicted molar refractivity (Wildman–Crippen MR) is 116 cm³/mol. The zero-order valence-corrected chi connectivity index (χ0v) is 17.6. The smallest absolute Gasteiger partial charge is 0.349 e. The molecular weight excluding hydrogens is 423 g/mol. The second-order valence-corrected chi connectivity index (χ2v) is 7.72. The fraction of sp³-hybridized carbons (Fsp3) is 0.200. The first-order chi connectivity index (χ1) is 14.7. The highest BCUT2D eigenvalue weighted by atomic mass is 35.5. The van der Waals surface area contributed by atoms with Crippen molar-refractivity contribution < 1.29 is 4.39 Å². The van der Waals surface area contributed by atoms with Gasteiger partial charge in [-0.25, -0.2) is 19.7 Å². The summed E-state index contributed by atoms with van der Waals surface area (Å²) >= 11 is 6.06. The number of hydrogen-bond acceptors (Lipinski definition) is 8. The molecule has 31 heavy (non-hydrogen) atoms. The van der Waals surface area contributed by atoms with Crippen molar-refractivity contribution in [3.05, 3.63) is 70.3 Å². The average Bonchev–Trinajstić information content (AvgIpc) is 2.75. The molecule has 3 heterocycles. The number of nitrogens with one attached hydrogen (secondary N) is 2. The van der Waals surface area contributed by atoms with E-state index in [2.05, 4.69) is 35.6 Å². The van der Waals surface area contributed by atoms with Gasteiger partial charge in [0.25, 0.3) is 0 Å². The van der Waals surface area contributed by atoms with Crippen LogP contribution in [0.25, 0.3) is 10.9 Å². The third-order valence-electron chi connectivity index (χ3n) is 4.64. The summed E-state index contributed by atoms with van der Waals surface area (Å²) in [5.74, 6) is 1.03. The van der Waals surface area contributed by atoms with E-state index in [4.69, 9.17) is 11.6 Å². The van der Waals surface area contributed by atoms with Gasteiger partial charge in [-0.15, -0.1) is 0 Å². The molecule has 9 nitrogen and oxygen atoms in total. The standard InChI is InChI=1S/C20H18ClFN8O/c1-20(2,17-23-7-4-8-24-17)29-15-12-9-11(5-6-14(12)30(3)19(31)28-15)26-16-13(21)10-25-18(22)27-16/h4-10H,1-3H3,(H,25,26,27)(H,28,29,31). The molecule has 0 amide bonds. The Kier molecular flexibility index (Phi) is 5.24. The Hall–Kier alpha value is -3.66. The van der Waals surface area contributed by atoms with Crippen LogP contribution in [-0.4, -0.2) is 29.5 Å². The number of rotatable bonds is 5. The van der Waals surface area contributed by atoms with Crippen LogP contribution < -0.4 is 16.3 Å². The fourth-order valence-corrected chi connectivity index (χ4v) is 3.21. The van der Waals surface area contributed by atoms with Gasteiger partial charge in [0.05, 0.1) is 17.3 Å². The van der Waals surface area contributed by atoms with E-state index in [1.165, 1.54) is 10.8 Å². The molecule has 0 unspecified atom stereocenters. The molecule has 0 spiro atoms. The highest BCUT2D eigenvalue weighted by molar-refractivity contribution is 6.32. The molecule has 2 N–H and O–H groups in total. The molecule has 0 bridgehead atoms. The van der Waals surface area contributed by atoms with Crippen LogP contribution in [-0.2, 0) is 12.6 Å². The lowest BCUT2D eigenvalue weighted by Gasteiger charge is -2.26. The molecule has 0 aliphatic carbocycles. The van der Waals surface area contributed by atoms with Crippen molar-refractivity contribution in [1.82, 2.24) is 29.5 Å². The van der Waals surface area contributed by atoms with Crippen LogP contribution >= 0.6 is 11.6 Å². The molecule has 0 aliphatic rings.